The second-order valence-corrected chi connectivity index (χ2v) is 8.62. The third-order valence-electron chi connectivity index (χ3n) is 4.74. The van der Waals surface area contributed by atoms with Crippen LogP contribution in [0.4, 0.5) is 5.69 Å². The predicted molar refractivity (Wildman–Crippen MR) is 122 cm³/mol. The van der Waals surface area contributed by atoms with Crippen molar-refractivity contribution in [2.45, 2.75) is 25.3 Å². The Balaban J connectivity index is 1.92. The van der Waals surface area contributed by atoms with E-state index in [1.807, 2.05) is 5.32 Å². The number of rotatable bonds is 11. The van der Waals surface area contributed by atoms with Crippen molar-refractivity contribution >= 4 is 58.6 Å². The minimum atomic E-state index is -1.13. The number of ether oxygens (including phenoxy) is 1. The SMILES string of the molecule is CSCC[C@H](NC(=O)c1ccc([N+](=O)[O-])cc1Cl)C(=O)OCC(=O)NC(=O)CN1CCCC1=O. The number of hydrogen-bond donors (Lipinski definition) is 2. The monoisotopic (exact) mass is 514 g/mol. The Morgan fingerprint density at radius 2 is 2.03 bits per heavy atom. The van der Waals surface area contributed by atoms with Crippen LogP contribution in [-0.2, 0) is 23.9 Å². The van der Waals surface area contributed by atoms with E-state index in [-0.39, 0.29) is 35.1 Å². The van der Waals surface area contributed by atoms with Crippen molar-refractivity contribution in [3.05, 3.63) is 38.9 Å². The van der Waals surface area contributed by atoms with Gasteiger partial charge >= 0.3 is 5.97 Å². The van der Waals surface area contributed by atoms with E-state index >= 15 is 0 Å². The van der Waals surface area contributed by atoms with Gasteiger partial charge in [-0.15, -0.1) is 0 Å². The molecule has 0 aromatic heterocycles. The maximum atomic E-state index is 12.6. The van der Waals surface area contributed by atoms with E-state index in [1.54, 1.807) is 6.26 Å². The highest BCUT2D eigenvalue weighted by atomic mass is 35.5. The van der Waals surface area contributed by atoms with Gasteiger partial charge in [-0.3, -0.25) is 34.6 Å². The number of halogens is 1. The van der Waals surface area contributed by atoms with Crippen LogP contribution in [0.15, 0.2) is 18.2 Å². The lowest BCUT2D eigenvalue weighted by molar-refractivity contribution is -0.384. The first-order chi connectivity index (χ1) is 16.1. The molecule has 34 heavy (non-hydrogen) atoms. The zero-order valence-electron chi connectivity index (χ0n) is 18.2. The number of carbonyl (C=O) groups excluding carboxylic acids is 5. The number of nitro groups is 1. The highest BCUT2D eigenvalue weighted by molar-refractivity contribution is 7.98. The lowest BCUT2D eigenvalue weighted by atomic mass is 10.1. The molecule has 12 nitrogen and oxygen atoms in total. The number of nitrogens with zero attached hydrogens (tertiary/aromatic N) is 2. The molecule has 1 aliphatic rings. The van der Waals surface area contributed by atoms with Gasteiger partial charge in [-0.1, -0.05) is 11.6 Å². The Labute approximate surface area is 203 Å². The van der Waals surface area contributed by atoms with E-state index in [2.05, 4.69) is 5.32 Å². The standard InChI is InChI=1S/C20H23ClN4O8S/c1-34-8-6-15(22-19(29)13-5-4-12(25(31)32)9-14(13)21)20(30)33-11-17(27)23-16(26)10-24-7-2-3-18(24)28/h4-5,9,15H,2-3,6-8,10-11H2,1H3,(H,22,29)(H,23,26,27)/t15-/m0/s1. The molecule has 184 valence electrons. The van der Waals surface area contributed by atoms with E-state index in [0.29, 0.717) is 25.1 Å². The van der Waals surface area contributed by atoms with Gasteiger partial charge in [0.1, 0.15) is 6.04 Å². The molecule has 2 N–H and O–H groups in total. The molecule has 1 aliphatic heterocycles. The molecule has 1 heterocycles. The van der Waals surface area contributed by atoms with E-state index in [0.717, 1.165) is 18.2 Å². The summed E-state index contributed by atoms with van der Waals surface area (Å²) in [7, 11) is 0. The third-order valence-corrected chi connectivity index (χ3v) is 5.70. The van der Waals surface area contributed by atoms with Gasteiger partial charge in [0.25, 0.3) is 17.5 Å². The average molecular weight is 515 g/mol. The minimum absolute atomic E-state index is 0.0750. The maximum Gasteiger partial charge on any atom is 0.329 e. The second kappa shape index (κ2) is 12.9. The Morgan fingerprint density at radius 1 is 1.29 bits per heavy atom. The molecule has 0 unspecified atom stereocenters. The number of likely N-dealkylation sites (tertiary alicyclic amines) is 1. The van der Waals surface area contributed by atoms with Crippen LogP contribution >= 0.6 is 23.4 Å². The maximum absolute atomic E-state index is 12.6. The third kappa shape index (κ3) is 7.99. The molecule has 1 atom stereocenters. The molecule has 1 saturated heterocycles. The molecule has 1 aromatic carbocycles. The second-order valence-electron chi connectivity index (χ2n) is 7.23. The molecule has 0 aliphatic carbocycles. The average Bonchev–Trinajstić information content (AvgIpc) is 3.18. The zero-order valence-corrected chi connectivity index (χ0v) is 19.8. The van der Waals surface area contributed by atoms with E-state index < -0.39 is 41.3 Å². The number of esters is 1. The number of thioether (sulfide) groups is 1. The van der Waals surface area contributed by atoms with E-state index in [9.17, 15) is 34.1 Å². The lowest BCUT2D eigenvalue weighted by Gasteiger charge is -2.18. The zero-order chi connectivity index (χ0) is 25.3. The van der Waals surface area contributed by atoms with Gasteiger partial charge in [0.15, 0.2) is 6.61 Å². The summed E-state index contributed by atoms with van der Waals surface area (Å²) in [5.74, 6) is -2.93. The van der Waals surface area contributed by atoms with Crippen LogP contribution in [0.2, 0.25) is 5.02 Å². The molecular formula is C20H23ClN4O8S. The number of hydrogen-bond acceptors (Lipinski definition) is 9. The summed E-state index contributed by atoms with van der Waals surface area (Å²) < 4.78 is 4.94. The van der Waals surface area contributed by atoms with Gasteiger partial charge in [0.05, 0.1) is 22.1 Å². The predicted octanol–water partition coefficient (Wildman–Crippen LogP) is 0.908. The summed E-state index contributed by atoms with van der Waals surface area (Å²) in [5.41, 5.74) is -0.372. The van der Waals surface area contributed by atoms with Gasteiger partial charge in [-0.05, 0) is 30.9 Å². The van der Waals surface area contributed by atoms with Crippen molar-refractivity contribution in [1.82, 2.24) is 15.5 Å². The van der Waals surface area contributed by atoms with Crippen molar-refractivity contribution in [2.75, 3.05) is 31.7 Å². The molecular weight excluding hydrogens is 492 g/mol. The highest BCUT2D eigenvalue weighted by Crippen LogP contribution is 2.22. The van der Waals surface area contributed by atoms with E-state index in [1.165, 1.54) is 16.7 Å². The van der Waals surface area contributed by atoms with Crippen LogP contribution in [0.3, 0.4) is 0 Å². The van der Waals surface area contributed by atoms with Gasteiger partial charge in [-0.2, -0.15) is 11.8 Å². The van der Waals surface area contributed by atoms with Gasteiger partial charge in [-0.25, -0.2) is 4.79 Å². The Kier molecular flexibility index (Phi) is 10.3. The first kappa shape index (κ1) is 27.1. The summed E-state index contributed by atoms with van der Waals surface area (Å²) in [5, 5.41) is 15.1. The summed E-state index contributed by atoms with van der Waals surface area (Å²) in [4.78, 5) is 71.9. The molecule has 4 amide bonds. The summed E-state index contributed by atoms with van der Waals surface area (Å²) in [6, 6.07) is 2.16. The smallest absolute Gasteiger partial charge is 0.329 e. The van der Waals surface area contributed by atoms with Crippen molar-refractivity contribution in [2.24, 2.45) is 0 Å². The number of non-ortho nitro benzene ring substituents is 1. The Bertz CT molecular complexity index is 989. The van der Waals surface area contributed by atoms with Crippen molar-refractivity contribution < 1.29 is 33.6 Å². The molecule has 1 aromatic rings. The van der Waals surface area contributed by atoms with Crippen LogP contribution in [0.1, 0.15) is 29.6 Å². The Hall–Kier alpha value is -3.19. The number of amides is 4. The largest absolute Gasteiger partial charge is 0.454 e. The first-order valence-corrected chi connectivity index (χ1v) is 11.9. The number of nitrogens with one attached hydrogen (secondary N) is 2. The Morgan fingerprint density at radius 3 is 2.62 bits per heavy atom. The van der Waals surface area contributed by atoms with Gasteiger partial charge in [0.2, 0.25) is 11.8 Å². The summed E-state index contributed by atoms with van der Waals surface area (Å²) in [6.07, 6.45) is 2.97. The van der Waals surface area contributed by atoms with Crippen LogP contribution in [0.25, 0.3) is 0 Å². The molecule has 0 spiro atoms. The van der Waals surface area contributed by atoms with Crippen LogP contribution in [0, 0.1) is 10.1 Å². The highest BCUT2D eigenvalue weighted by Gasteiger charge is 2.26. The number of nitro benzene ring substituents is 1. The van der Waals surface area contributed by atoms with E-state index in [4.69, 9.17) is 16.3 Å². The number of carbonyl (C=O) groups is 5. The number of benzene rings is 1. The van der Waals surface area contributed by atoms with Crippen LogP contribution in [-0.4, -0.2) is 77.2 Å². The lowest BCUT2D eigenvalue weighted by Crippen LogP contribution is -2.45. The minimum Gasteiger partial charge on any atom is -0.454 e. The van der Waals surface area contributed by atoms with Crippen molar-refractivity contribution in [3.8, 4) is 0 Å². The van der Waals surface area contributed by atoms with Crippen LogP contribution < -0.4 is 10.6 Å². The summed E-state index contributed by atoms with van der Waals surface area (Å²) >= 11 is 7.37. The van der Waals surface area contributed by atoms with Crippen molar-refractivity contribution in [1.29, 1.82) is 0 Å². The normalized spacial score (nSPS) is 13.8. The first-order valence-electron chi connectivity index (χ1n) is 10.1. The topological polar surface area (TPSA) is 165 Å². The fourth-order valence-corrected chi connectivity index (χ4v) is 3.77. The quantitative estimate of drug-likeness (QED) is 0.248. The molecule has 14 heteroatoms. The summed E-state index contributed by atoms with van der Waals surface area (Å²) in [6.45, 7) is -0.589. The van der Waals surface area contributed by atoms with Gasteiger partial charge in [0, 0.05) is 25.1 Å². The van der Waals surface area contributed by atoms with Gasteiger partial charge < -0.3 is 15.0 Å². The number of imide groups is 1. The molecule has 2 rings (SSSR count). The molecule has 0 saturated carbocycles. The van der Waals surface area contributed by atoms with Crippen molar-refractivity contribution in [3.63, 3.8) is 0 Å². The fraction of sp³-hybridized carbons (Fsp3) is 0.450. The molecule has 1 fully saturated rings. The fourth-order valence-electron chi connectivity index (χ4n) is 3.04. The molecule has 0 radical (unpaired) electrons. The van der Waals surface area contributed by atoms with Crippen LogP contribution in [0.5, 0.6) is 0 Å². The molecule has 0 bridgehead atoms.